The van der Waals surface area contributed by atoms with E-state index in [0.717, 1.165) is 15.9 Å². The van der Waals surface area contributed by atoms with Crippen LogP contribution in [0.3, 0.4) is 0 Å². The van der Waals surface area contributed by atoms with E-state index in [1.54, 1.807) is 12.3 Å². The molecule has 54 valence electrons. The van der Waals surface area contributed by atoms with Crippen LogP contribution in [-0.4, -0.2) is 10.6 Å². The number of hydrogen-bond donors (Lipinski definition) is 1. The van der Waals surface area contributed by atoms with Gasteiger partial charge in [0.2, 0.25) is 0 Å². The van der Waals surface area contributed by atoms with Crippen LogP contribution in [0.5, 0.6) is 0 Å². The van der Waals surface area contributed by atoms with Crippen LogP contribution in [0.25, 0.3) is 0 Å². The zero-order chi connectivity index (χ0) is 7.72. The number of aromatic nitrogens is 1. The van der Waals surface area contributed by atoms with Crippen molar-refractivity contribution in [3.8, 4) is 0 Å². The predicted molar refractivity (Wildman–Crippen MR) is 38.3 cm³/mol. The summed E-state index contributed by atoms with van der Waals surface area (Å²) in [6.45, 7) is 1.66. The molecule has 0 atom stereocenters. The summed E-state index contributed by atoms with van der Waals surface area (Å²) >= 11 is 0.966. The predicted octanol–water partition coefficient (Wildman–Crippen LogP) is 0.145. The van der Waals surface area contributed by atoms with Crippen molar-refractivity contribution < 1.29 is 4.79 Å². The number of primary amides is 1. The number of rotatable bonds is 0. The fraction of sp³-hybridized carbons (Fsp3) is 0.200. The molecule has 0 aliphatic heterocycles. The van der Waals surface area contributed by atoms with Crippen molar-refractivity contribution in [2.75, 3.05) is 0 Å². The Hall–Kier alpha value is -1.10. The first-order valence-corrected chi connectivity index (χ1v) is 3.48. The Kier molecular flexibility index (Phi) is 1.58. The molecule has 2 N–H and O–H groups in total. The molecule has 4 nitrogen and oxygen atoms in total. The van der Waals surface area contributed by atoms with Crippen LogP contribution >= 0.6 is 11.3 Å². The Labute approximate surface area is 60.9 Å². The van der Waals surface area contributed by atoms with Gasteiger partial charge in [0.15, 0.2) is 0 Å². The number of nitrogens with zero attached hydrogens (tertiary/aromatic N) is 1. The maximum atomic E-state index is 10.8. The van der Waals surface area contributed by atoms with Gasteiger partial charge >= 0.3 is 10.9 Å². The topological polar surface area (TPSA) is 65.1 Å². The number of amides is 1. The van der Waals surface area contributed by atoms with Crippen molar-refractivity contribution in [3.05, 3.63) is 20.7 Å². The molecular formula is C5H6N2O2S. The van der Waals surface area contributed by atoms with E-state index >= 15 is 0 Å². The molecule has 0 aliphatic rings. The van der Waals surface area contributed by atoms with Crippen LogP contribution in [0, 0.1) is 6.92 Å². The molecule has 0 saturated carbocycles. The van der Waals surface area contributed by atoms with E-state index in [9.17, 15) is 9.59 Å². The number of aryl methyl sites for hydroxylation is 1. The second kappa shape index (κ2) is 2.26. The maximum absolute atomic E-state index is 10.8. The van der Waals surface area contributed by atoms with E-state index in [2.05, 4.69) is 0 Å². The first-order chi connectivity index (χ1) is 4.63. The van der Waals surface area contributed by atoms with Gasteiger partial charge in [-0.1, -0.05) is 11.3 Å². The van der Waals surface area contributed by atoms with Crippen molar-refractivity contribution in [3.63, 3.8) is 0 Å². The Bertz CT molecular complexity index is 312. The molecule has 0 aliphatic carbocycles. The largest absolute Gasteiger partial charge is 0.351 e. The van der Waals surface area contributed by atoms with E-state index in [1.807, 2.05) is 0 Å². The van der Waals surface area contributed by atoms with Gasteiger partial charge in [-0.25, -0.2) is 9.36 Å². The zero-order valence-corrected chi connectivity index (χ0v) is 6.14. The second-order valence-electron chi connectivity index (χ2n) is 1.82. The highest BCUT2D eigenvalue weighted by Crippen LogP contribution is 1.96. The molecule has 1 amide bonds. The SMILES string of the molecule is Cc1csc(=O)n1C(N)=O. The summed E-state index contributed by atoms with van der Waals surface area (Å²) in [4.78, 5) is 20.9. The lowest BCUT2D eigenvalue weighted by Gasteiger charge is -1.93. The molecule has 0 spiro atoms. The number of carbonyl (C=O) groups excluding carboxylic acids is 1. The smallest absolute Gasteiger partial charge is 0.326 e. The van der Waals surface area contributed by atoms with Gasteiger partial charge in [0, 0.05) is 11.1 Å². The summed E-state index contributed by atoms with van der Waals surface area (Å²) in [7, 11) is 0. The van der Waals surface area contributed by atoms with Crippen molar-refractivity contribution in [2.24, 2.45) is 5.73 Å². The lowest BCUT2D eigenvalue weighted by Crippen LogP contribution is -2.28. The van der Waals surface area contributed by atoms with Crippen LogP contribution < -0.4 is 10.6 Å². The summed E-state index contributed by atoms with van der Waals surface area (Å²) in [5, 5.41) is 1.59. The van der Waals surface area contributed by atoms with Crippen molar-refractivity contribution in [1.82, 2.24) is 4.57 Å². The average molecular weight is 158 g/mol. The van der Waals surface area contributed by atoms with Crippen LogP contribution in [0.2, 0.25) is 0 Å². The normalized spacial score (nSPS) is 9.70. The Morgan fingerprint density at radius 1 is 1.80 bits per heavy atom. The van der Waals surface area contributed by atoms with Crippen molar-refractivity contribution >= 4 is 17.4 Å². The van der Waals surface area contributed by atoms with Gasteiger partial charge in [-0.15, -0.1) is 0 Å². The monoisotopic (exact) mass is 158 g/mol. The van der Waals surface area contributed by atoms with E-state index in [0.29, 0.717) is 5.69 Å². The number of nitrogens with two attached hydrogens (primary N) is 1. The molecule has 10 heavy (non-hydrogen) atoms. The fourth-order valence-electron chi connectivity index (χ4n) is 0.649. The van der Waals surface area contributed by atoms with Crippen LogP contribution in [0.1, 0.15) is 5.69 Å². The number of hydrogen-bond acceptors (Lipinski definition) is 3. The molecule has 0 radical (unpaired) electrons. The van der Waals surface area contributed by atoms with Crippen LogP contribution in [-0.2, 0) is 0 Å². The summed E-state index contributed by atoms with van der Waals surface area (Å²) < 4.78 is 0.935. The van der Waals surface area contributed by atoms with Crippen molar-refractivity contribution in [1.29, 1.82) is 0 Å². The first-order valence-electron chi connectivity index (χ1n) is 2.60. The van der Waals surface area contributed by atoms with Gasteiger partial charge in [0.1, 0.15) is 0 Å². The molecule has 0 aromatic carbocycles. The molecule has 0 unspecified atom stereocenters. The number of thiazole rings is 1. The minimum absolute atomic E-state index is 0.329. The van der Waals surface area contributed by atoms with E-state index in [-0.39, 0.29) is 4.87 Å². The fourth-order valence-corrected chi connectivity index (χ4v) is 1.37. The van der Waals surface area contributed by atoms with Gasteiger partial charge in [-0.2, -0.15) is 0 Å². The van der Waals surface area contributed by atoms with Gasteiger partial charge in [0.05, 0.1) is 0 Å². The van der Waals surface area contributed by atoms with Crippen molar-refractivity contribution in [2.45, 2.75) is 6.92 Å². The van der Waals surface area contributed by atoms with Gasteiger partial charge in [-0.3, -0.25) is 4.79 Å². The third-order valence-electron chi connectivity index (χ3n) is 1.09. The second-order valence-corrected chi connectivity index (χ2v) is 2.64. The summed E-state index contributed by atoms with van der Waals surface area (Å²) in [5.74, 6) is 0. The third-order valence-corrected chi connectivity index (χ3v) is 1.93. The van der Waals surface area contributed by atoms with E-state index < -0.39 is 6.03 Å². The quantitative estimate of drug-likeness (QED) is 0.583. The molecule has 1 aromatic heterocycles. The minimum Gasteiger partial charge on any atom is -0.351 e. The molecule has 1 rings (SSSR count). The highest BCUT2D eigenvalue weighted by Gasteiger charge is 2.05. The Morgan fingerprint density at radius 3 is 2.60 bits per heavy atom. The molecule has 0 fully saturated rings. The molecular weight excluding hydrogens is 152 g/mol. The molecule has 5 heteroatoms. The zero-order valence-electron chi connectivity index (χ0n) is 5.33. The lowest BCUT2D eigenvalue weighted by molar-refractivity contribution is 0.249. The lowest BCUT2D eigenvalue weighted by atomic mass is 10.5. The summed E-state index contributed by atoms with van der Waals surface area (Å²) in [6, 6.07) is -0.719. The highest BCUT2D eigenvalue weighted by atomic mass is 32.1. The molecule has 1 aromatic rings. The third kappa shape index (κ3) is 0.950. The molecule has 0 saturated heterocycles. The summed E-state index contributed by atoms with van der Waals surface area (Å²) in [5.41, 5.74) is 5.48. The molecule has 1 heterocycles. The van der Waals surface area contributed by atoms with Gasteiger partial charge in [-0.05, 0) is 6.92 Å². The number of carbonyl (C=O) groups is 1. The van der Waals surface area contributed by atoms with E-state index in [4.69, 9.17) is 5.73 Å². The van der Waals surface area contributed by atoms with Crippen LogP contribution in [0.4, 0.5) is 4.79 Å². The minimum atomic E-state index is -0.719. The Morgan fingerprint density at radius 2 is 2.40 bits per heavy atom. The first kappa shape index (κ1) is 7.01. The standard InChI is InChI=1S/C5H6N2O2S/c1-3-2-10-5(9)7(3)4(6)8/h2H,1H3,(H2,6,8). The molecule has 0 bridgehead atoms. The average Bonchev–Trinajstić information content (AvgIpc) is 2.11. The van der Waals surface area contributed by atoms with Crippen LogP contribution in [0.15, 0.2) is 10.2 Å². The van der Waals surface area contributed by atoms with Gasteiger partial charge < -0.3 is 5.73 Å². The summed E-state index contributed by atoms with van der Waals surface area (Å²) in [6.07, 6.45) is 0. The highest BCUT2D eigenvalue weighted by molar-refractivity contribution is 7.07. The maximum Gasteiger partial charge on any atom is 0.326 e. The van der Waals surface area contributed by atoms with E-state index in [1.165, 1.54) is 0 Å². The van der Waals surface area contributed by atoms with Gasteiger partial charge in [0.25, 0.3) is 0 Å². The Balaban J connectivity index is 3.37.